The van der Waals surface area contributed by atoms with Gasteiger partial charge in [-0.2, -0.15) is 5.10 Å². The third kappa shape index (κ3) is 3.32. The highest BCUT2D eigenvalue weighted by molar-refractivity contribution is 5.09. The lowest BCUT2D eigenvalue weighted by molar-refractivity contribution is -0.0498. The molecule has 0 amide bonds. The van der Waals surface area contributed by atoms with Gasteiger partial charge in [0.1, 0.15) is 0 Å². The van der Waals surface area contributed by atoms with E-state index in [1.807, 2.05) is 17.8 Å². The molecule has 0 aliphatic heterocycles. The van der Waals surface area contributed by atoms with Gasteiger partial charge in [-0.05, 0) is 38.3 Å². The Balaban J connectivity index is 2.09. The maximum absolute atomic E-state index is 13.2. The molecule has 1 heterocycles. The van der Waals surface area contributed by atoms with E-state index in [-0.39, 0.29) is 24.8 Å². The summed E-state index contributed by atoms with van der Waals surface area (Å²) in [5, 5.41) is 7.62. The minimum absolute atomic E-state index is 0.0117. The van der Waals surface area contributed by atoms with Crippen LogP contribution in [0, 0.1) is 5.92 Å². The van der Waals surface area contributed by atoms with Crippen LogP contribution in [-0.2, 0) is 6.54 Å². The molecule has 1 fully saturated rings. The maximum atomic E-state index is 13.2. The lowest BCUT2D eigenvalue weighted by Gasteiger charge is -2.33. The van der Waals surface area contributed by atoms with Gasteiger partial charge in [0.25, 0.3) is 0 Å². The van der Waals surface area contributed by atoms with E-state index in [0.717, 1.165) is 18.7 Å². The molecule has 2 rings (SSSR count). The molecule has 1 unspecified atom stereocenters. The predicted octanol–water partition coefficient (Wildman–Crippen LogP) is 3.38. The standard InChI is InChI=1S/C14H23F2N3/c1-3-10-19-12(6-9-18-19)13(17-2)11-4-7-14(15,16)8-5-11/h6,9,11,13,17H,3-5,7-8,10H2,1-2H3. The second-order valence-electron chi connectivity index (χ2n) is 5.44. The molecule has 1 saturated carbocycles. The summed E-state index contributed by atoms with van der Waals surface area (Å²) in [6.45, 7) is 2.99. The zero-order valence-electron chi connectivity index (χ0n) is 11.7. The fraction of sp³-hybridized carbons (Fsp3) is 0.786. The largest absolute Gasteiger partial charge is 0.311 e. The number of aromatic nitrogens is 2. The number of hydrogen-bond acceptors (Lipinski definition) is 2. The van der Waals surface area contributed by atoms with E-state index in [2.05, 4.69) is 17.3 Å². The van der Waals surface area contributed by atoms with Crippen LogP contribution in [0.15, 0.2) is 12.3 Å². The molecular weight excluding hydrogens is 248 g/mol. The van der Waals surface area contributed by atoms with E-state index in [9.17, 15) is 8.78 Å². The zero-order chi connectivity index (χ0) is 13.9. The summed E-state index contributed by atoms with van der Waals surface area (Å²) in [4.78, 5) is 0. The van der Waals surface area contributed by atoms with Gasteiger partial charge in [-0.15, -0.1) is 0 Å². The molecule has 0 saturated heterocycles. The van der Waals surface area contributed by atoms with E-state index in [0.29, 0.717) is 12.8 Å². The van der Waals surface area contributed by atoms with Crippen molar-refractivity contribution in [1.82, 2.24) is 15.1 Å². The number of nitrogens with one attached hydrogen (secondary N) is 1. The van der Waals surface area contributed by atoms with Crippen molar-refractivity contribution in [1.29, 1.82) is 0 Å². The Bertz CT molecular complexity index is 393. The van der Waals surface area contributed by atoms with E-state index >= 15 is 0 Å². The monoisotopic (exact) mass is 271 g/mol. The summed E-state index contributed by atoms with van der Waals surface area (Å²) in [7, 11) is 1.90. The summed E-state index contributed by atoms with van der Waals surface area (Å²) < 4.78 is 28.5. The van der Waals surface area contributed by atoms with Crippen molar-refractivity contribution >= 4 is 0 Å². The number of aryl methyl sites for hydroxylation is 1. The Morgan fingerprint density at radius 1 is 1.47 bits per heavy atom. The topological polar surface area (TPSA) is 29.9 Å². The van der Waals surface area contributed by atoms with Gasteiger partial charge in [0, 0.05) is 25.6 Å². The molecule has 0 aromatic carbocycles. The highest BCUT2D eigenvalue weighted by atomic mass is 19.3. The van der Waals surface area contributed by atoms with Gasteiger partial charge < -0.3 is 5.32 Å². The maximum Gasteiger partial charge on any atom is 0.248 e. The van der Waals surface area contributed by atoms with Crippen LogP contribution in [-0.4, -0.2) is 22.8 Å². The van der Waals surface area contributed by atoms with Crippen LogP contribution >= 0.6 is 0 Å². The first-order valence-electron chi connectivity index (χ1n) is 7.14. The number of alkyl halides is 2. The molecule has 1 aromatic heterocycles. The Kier molecular flexibility index (Phi) is 4.55. The summed E-state index contributed by atoms with van der Waals surface area (Å²) in [5.74, 6) is -2.18. The van der Waals surface area contributed by atoms with Crippen molar-refractivity contribution in [2.45, 2.75) is 57.5 Å². The number of rotatable bonds is 5. The van der Waals surface area contributed by atoms with Gasteiger partial charge in [0.05, 0.1) is 11.7 Å². The van der Waals surface area contributed by atoms with Crippen molar-refractivity contribution in [2.75, 3.05) is 7.05 Å². The number of hydrogen-bond donors (Lipinski definition) is 1. The third-order valence-corrected chi connectivity index (χ3v) is 4.05. The normalized spacial score (nSPS) is 21.5. The van der Waals surface area contributed by atoms with Crippen LogP contribution in [0.1, 0.15) is 50.8 Å². The molecule has 108 valence electrons. The summed E-state index contributed by atoms with van der Waals surface area (Å²) in [5.41, 5.74) is 1.12. The second kappa shape index (κ2) is 5.99. The average Bonchev–Trinajstić information content (AvgIpc) is 2.81. The van der Waals surface area contributed by atoms with E-state index in [1.54, 1.807) is 6.20 Å². The van der Waals surface area contributed by atoms with Crippen molar-refractivity contribution < 1.29 is 8.78 Å². The smallest absolute Gasteiger partial charge is 0.248 e. The van der Waals surface area contributed by atoms with Crippen LogP contribution in [0.4, 0.5) is 8.78 Å². The van der Waals surface area contributed by atoms with Gasteiger partial charge >= 0.3 is 0 Å². The first-order valence-corrected chi connectivity index (χ1v) is 7.14. The van der Waals surface area contributed by atoms with E-state index < -0.39 is 5.92 Å². The van der Waals surface area contributed by atoms with Crippen LogP contribution in [0.3, 0.4) is 0 Å². The van der Waals surface area contributed by atoms with Crippen molar-refractivity contribution in [3.63, 3.8) is 0 Å². The van der Waals surface area contributed by atoms with Crippen LogP contribution < -0.4 is 5.32 Å². The van der Waals surface area contributed by atoms with Gasteiger partial charge in [0.2, 0.25) is 5.92 Å². The lowest BCUT2D eigenvalue weighted by atomic mass is 9.81. The predicted molar refractivity (Wildman–Crippen MR) is 71.2 cm³/mol. The molecular formula is C14H23F2N3. The van der Waals surface area contributed by atoms with Crippen molar-refractivity contribution in [3.8, 4) is 0 Å². The van der Waals surface area contributed by atoms with Gasteiger partial charge in [0.15, 0.2) is 0 Å². The molecule has 0 radical (unpaired) electrons. The Labute approximate surface area is 113 Å². The van der Waals surface area contributed by atoms with Gasteiger partial charge in [-0.25, -0.2) is 8.78 Å². The third-order valence-electron chi connectivity index (χ3n) is 4.05. The molecule has 3 nitrogen and oxygen atoms in total. The summed E-state index contributed by atoms with van der Waals surface area (Å²) in [6.07, 6.45) is 4.00. The van der Waals surface area contributed by atoms with Crippen LogP contribution in [0.5, 0.6) is 0 Å². The Morgan fingerprint density at radius 2 is 2.16 bits per heavy atom. The molecule has 1 N–H and O–H groups in total. The minimum Gasteiger partial charge on any atom is -0.311 e. The molecule has 5 heteroatoms. The van der Waals surface area contributed by atoms with E-state index in [4.69, 9.17) is 0 Å². The SMILES string of the molecule is CCCn1nccc1C(NC)C1CCC(F)(F)CC1. The molecule has 1 aliphatic rings. The molecule has 0 spiro atoms. The zero-order valence-corrected chi connectivity index (χ0v) is 11.7. The highest BCUT2D eigenvalue weighted by Gasteiger charge is 2.38. The first kappa shape index (κ1) is 14.4. The van der Waals surface area contributed by atoms with Crippen molar-refractivity contribution in [3.05, 3.63) is 18.0 Å². The molecule has 19 heavy (non-hydrogen) atoms. The van der Waals surface area contributed by atoms with Gasteiger partial charge in [-0.1, -0.05) is 6.92 Å². The second-order valence-corrected chi connectivity index (χ2v) is 5.44. The van der Waals surface area contributed by atoms with Crippen LogP contribution in [0.2, 0.25) is 0 Å². The molecule has 1 atom stereocenters. The number of nitrogens with zero attached hydrogens (tertiary/aromatic N) is 2. The summed E-state index contributed by atoms with van der Waals surface area (Å²) >= 11 is 0. The number of halogens is 2. The van der Waals surface area contributed by atoms with Crippen molar-refractivity contribution in [2.24, 2.45) is 5.92 Å². The Hall–Kier alpha value is -0.970. The minimum atomic E-state index is -2.46. The molecule has 1 aliphatic carbocycles. The van der Waals surface area contributed by atoms with E-state index in [1.165, 1.54) is 0 Å². The fourth-order valence-electron chi connectivity index (χ4n) is 3.03. The fourth-order valence-corrected chi connectivity index (χ4v) is 3.03. The quantitative estimate of drug-likeness (QED) is 0.889. The average molecular weight is 271 g/mol. The lowest BCUT2D eigenvalue weighted by Crippen LogP contribution is -2.33. The summed E-state index contributed by atoms with van der Waals surface area (Å²) in [6, 6.07) is 2.13. The molecule has 1 aromatic rings. The van der Waals surface area contributed by atoms with Gasteiger partial charge in [-0.3, -0.25) is 4.68 Å². The highest BCUT2D eigenvalue weighted by Crippen LogP contribution is 2.41. The van der Waals surface area contributed by atoms with Crippen LogP contribution in [0.25, 0.3) is 0 Å². The Morgan fingerprint density at radius 3 is 2.74 bits per heavy atom. The first-order chi connectivity index (χ1) is 9.07. The molecule has 0 bridgehead atoms.